The molecule has 0 radical (unpaired) electrons. The summed E-state index contributed by atoms with van der Waals surface area (Å²) in [5.41, 5.74) is 8.22. The van der Waals surface area contributed by atoms with Crippen LogP contribution in [0.1, 0.15) is 67.9 Å². The van der Waals surface area contributed by atoms with Crippen LogP contribution in [0.15, 0.2) is 72.8 Å². The largest absolute Gasteiger partial charge is 0.380 e. The lowest BCUT2D eigenvalue weighted by atomic mass is 9.91. The summed E-state index contributed by atoms with van der Waals surface area (Å²) in [6.07, 6.45) is 0.556. The number of benzene rings is 4. The van der Waals surface area contributed by atoms with Gasteiger partial charge < -0.3 is 26.6 Å². The smallest absolute Gasteiger partial charge is 0.258 e. The Balaban J connectivity index is 1.56. The van der Waals surface area contributed by atoms with Crippen LogP contribution in [0.2, 0.25) is 0 Å². The van der Waals surface area contributed by atoms with Crippen LogP contribution < -0.4 is 26.6 Å². The van der Waals surface area contributed by atoms with E-state index in [-0.39, 0.29) is 36.2 Å². The highest BCUT2D eigenvalue weighted by atomic mass is 16.2. The van der Waals surface area contributed by atoms with Gasteiger partial charge in [0.05, 0.1) is 39.9 Å². The number of nitrogens with zero attached hydrogens (tertiary/aromatic N) is 1. The van der Waals surface area contributed by atoms with Crippen molar-refractivity contribution in [2.75, 3.05) is 26.6 Å². The van der Waals surface area contributed by atoms with Crippen LogP contribution in [-0.2, 0) is 9.59 Å². The summed E-state index contributed by atoms with van der Waals surface area (Å²) < 4.78 is 0. The van der Waals surface area contributed by atoms with E-state index in [4.69, 9.17) is 0 Å². The first kappa shape index (κ1) is 30.4. The Morgan fingerprint density at radius 2 is 1.41 bits per heavy atom. The number of fused-ring (bicyclic) bond motifs is 2. The highest BCUT2D eigenvalue weighted by Gasteiger charge is 2.28. The fourth-order valence-electron chi connectivity index (χ4n) is 6.04. The normalized spacial score (nSPS) is 17.1. The Kier molecular flexibility index (Phi) is 8.20. The summed E-state index contributed by atoms with van der Waals surface area (Å²) in [5.74, 6) is -0.260. The molecular weight excluding hydrogens is 576 g/mol. The number of rotatable bonds is 5. The fourth-order valence-corrected chi connectivity index (χ4v) is 6.04. The van der Waals surface area contributed by atoms with Crippen LogP contribution in [-0.4, -0.2) is 29.8 Å². The van der Waals surface area contributed by atoms with E-state index in [9.17, 15) is 19.6 Å². The Morgan fingerprint density at radius 3 is 2.04 bits per heavy atom. The minimum absolute atomic E-state index is 0.0867. The van der Waals surface area contributed by atoms with E-state index in [1.54, 1.807) is 30.3 Å². The molecule has 0 aliphatic carbocycles. The number of amides is 3. The number of nitrogens with one attached hydrogen (secondary N) is 5. The molecule has 0 saturated carbocycles. The first-order valence-electron chi connectivity index (χ1n) is 15.5. The lowest BCUT2D eigenvalue weighted by molar-refractivity contribution is -0.117. The Bertz CT molecular complexity index is 1890. The van der Waals surface area contributed by atoms with Crippen molar-refractivity contribution in [3.63, 3.8) is 0 Å². The van der Waals surface area contributed by atoms with Gasteiger partial charge in [-0.15, -0.1) is 0 Å². The van der Waals surface area contributed by atoms with E-state index in [1.807, 2.05) is 32.0 Å². The first-order valence-corrected chi connectivity index (χ1v) is 15.5. The van der Waals surface area contributed by atoms with Crippen LogP contribution in [0.25, 0.3) is 22.3 Å². The SMILES string of the molecule is CC(C)c1ccc(-c2cc(-c3ccc4c(c3C(=O)Nc3ccc(C#N)cc3)N[C@H](C)CC(=O)N4)cc3c2N[C@H](C)CC(=O)N3)cc1. The van der Waals surface area contributed by atoms with Gasteiger partial charge in [0.15, 0.2) is 0 Å². The van der Waals surface area contributed by atoms with Crippen molar-refractivity contribution >= 4 is 46.2 Å². The predicted molar refractivity (Wildman–Crippen MR) is 183 cm³/mol. The average molecular weight is 613 g/mol. The number of carbonyl (C=O) groups is 3. The van der Waals surface area contributed by atoms with Crippen LogP contribution in [0.5, 0.6) is 0 Å². The summed E-state index contributed by atoms with van der Waals surface area (Å²) in [6, 6.07) is 24.4. The molecule has 6 rings (SSSR count). The van der Waals surface area contributed by atoms with Gasteiger partial charge in [-0.1, -0.05) is 44.2 Å². The third kappa shape index (κ3) is 6.15. The Hall–Kier alpha value is -5.62. The molecule has 5 N–H and O–H groups in total. The molecule has 46 heavy (non-hydrogen) atoms. The summed E-state index contributed by atoms with van der Waals surface area (Å²) >= 11 is 0. The maximum absolute atomic E-state index is 14.2. The maximum Gasteiger partial charge on any atom is 0.258 e. The lowest BCUT2D eigenvalue weighted by Gasteiger charge is -2.22. The molecule has 0 fully saturated rings. The third-order valence-electron chi connectivity index (χ3n) is 8.35. The molecule has 0 aromatic heterocycles. The second kappa shape index (κ2) is 12.4. The lowest BCUT2D eigenvalue weighted by Crippen LogP contribution is -2.21. The minimum atomic E-state index is -0.388. The summed E-state index contributed by atoms with van der Waals surface area (Å²) in [7, 11) is 0. The summed E-state index contributed by atoms with van der Waals surface area (Å²) in [6.45, 7) is 8.18. The second-order valence-corrected chi connectivity index (χ2v) is 12.4. The zero-order valence-electron chi connectivity index (χ0n) is 26.2. The topological polar surface area (TPSA) is 135 Å². The third-order valence-corrected chi connectivity index (χ3v) is 8.35. The molecule has 9 nitrogen and oxygen atoms in total. The molecule has 2 aliphatic rings. The van der Waals surface area contributed by atoms with Crippen molar-refractivity contribution < 1.29 is 14.4 Å². The number of hydrogen-bond acceptors (Lipinski definition) is 6. The van der Waals surface area contributed by atoms with Crippen molar-refractivity contribution in [3.8, 4) is 28.3 Å². The van der Waals surface area contributed by atoms with Crippen molar-refractivity contribution in [1.29, 1.82) is 5.26 Å². The van der Waals surface area contributed by atoms with E-state index in [2.05, 4.69) is 70.8 Å². The summed E-state index contributed by atoms with van der Waals surface area (Å²) in [4.78, 5) is 39.8. The minimum Gasteiger partial charge on any atom is -0.380 e. The van der Waals surface area contributed by atoms with Gasteiger partial charge in [0.25, 0.3) is 5.91 Å². The van der Waals surface area contributed by atoms with Crippen LogP contribution in [0, 0.1) is 11.3 Å². The average Bonchev–Trinajstić information content (AvgIpc) is 3.27. The van der Waals surface area contributed by atoms with Gasteiger partial charge in [-0.05, 0) is 84.5 Å². The van der Waals surface area contributed by atoms with E-state index in [0.29, 0.717) is 51.8 Å². The maximum atomic E-state index is 14.2. The molecule has 0 saturated heterocycles. The molecule has 2 aliphatic heterocycles. The van der Waals surface area contributed by atoms with Crippen molar-refractivity contribution in [2.24, 2.45) is 0 Å². The Labute approximate surface area is 268 Å². The predicted octanol–water partition coefficient (Wildman–Crippen LogP) is 7.55. The molecule has 2 heterocycles. The van der Waals surface area contributed by atoms with Gasteiger partial charge in [-0.3, -0.25) is 14.4 Å². The zero-order chi connectivity index (χ0) is 32.5. The second-order valence-electron chi connectivity index (χ2n) is 12.4. The molecule has 2 atom stereocenters. The van der Waals surface area contributed by atoms with Gasteiger partial charge in [-0.25, -0.2) is 0 Å². The van der Waals surface area contributed by atoms with Crippen molar-refractivity contribution in [1.82, 2.24) is 0 Å². The fraction of sp³-hybridized carbons (Fsp3) is 0.243. The van der Waals surface area contributed by atoms with E-state index < -0.39 is 0 Å². The highest BCUT2D eigenvalue weighted by molar-refractivity contribution is 6.16. The van der Waals surface area contributed by atoms with Crippen LogP contribution >= 0.6 is 0 Å². The van der Waals surface area contributed by atoms with Gasteiger partial charge in [-0.2, -0.15) is 5.26 Å². The number of carbonyl (C=O) groups excluding carboxylic acids is 3. The highest BCUT2D eigenvalue weighted by Crippen LogP contribution is 2.44. The van der Waals surface area contributed by atoms with Gasteiger partial charge in [0.1, 0.15) is 0 Å². The molecular formula is C37H36N6O3. The van der Waals surface area contributed by atoms with Gasteiger partial charge >= 0.3 is 0 Å². The number of hydrogen-bond donors (Lipinski definition) is 5. The number of nitriles is 1. The molecule has 0 bridgehead atoms. The standard InChI is InChI=1S/C37H36N6O3/c1-20(2)24-7-9-25(10-8-24)29-17-26(18-31-35(29)39-21(3)15-33(45)43-31)28-13-14-30-36(40-22(4)16-32(44)42-30)34(28)37(46)41-27-11-5-23(19-38)6-12-27/h5-14,17-18,20-22,39-40H,15-16H2,1-4H3,(H,41,46)(H,42,44)(H,43,45)/t21-,22-/m1/s1. The summed E-state index contributed by atoms with van der Waals surface area (Å²) in [5, 5.41) is 25.2. The van der Waals surface area contributed by atoms with Crippen LogP contribution in [0.4, 0.5) is 28.4 Å². The molecule has 0 unspecified atom stereocenters. The number of anilines is 5. The van der Waals surface area contributed by atoms with Gasteiger partial charge in [0.2, 0.25) is 11.8 Å². The first-order chi connectivity index (χ1) is 22.1. The molecule has 3 amide bonds. The molecule has 4 aromatic carbocycles. The van der Waals surface area contributed by atoms with E-state index in [0.717, 1.165) is 22.4 Å². The molecule has 232 valence electrons. The van der Waals surface area contributed by atoms with E-state index >= 15 is 0 Å². The van der Waals surface area contributed by atoms with Gasteiger partial charge in [0, 0.05) is 36.2 Å². The van der Waals surface area contributed by atoms with E-state index in [1.165, 1.54) is 5.56 Å². The molecule has 4 aromatic rings. The van der Waals surface area contributed by atoms with Crippen molar-refractivity contribution in [3.05, 3.63) is 89.5 Å². The molecule has 9 heteroatoms. The van der Waals surface area contributed by atoms with Crippen molar-refractivity contribution in [2.45, 2.75) is 58.5 Å². The monoisotopic (exact) mass is 612 g/mol. The zero-order valence-corrected chi connectivity index (χ0v) is 26.2. The quantitative estimate of drug-likeness (QED) is 0.158. The molecule has 0 spiro atoms. The Morgan fingerprint density at radius 1 is 0.783 bits per heavy atom. The van der Waals surface area contributed by atoms with Crippen LogP contribution in [0.3, 0.4) is 0 Å².